The number of nitrogens with two attached hydrogens (primary N) is 1. The van der Waals surface area contributed by atoms with Gasteiger partial charge in [-0.15, -0.1) is 0 Å². The van der Waals surface area contributed by atoms with Crippen molar-refractivity contribution >= 4 is 27.9 Å². The smallest absolute Gasteiger partial charge is 0.543 e. The van der Waals surface area contributed by atoms with Crippen LogP contribution in [0.25, 0.3) is 0 Å². The van der Waals surface area contributed by atoms with E-state index in [-0.39, 0.29) is 52.6 Å². The number of nitrogens with one attached hydrogen (secondary N) is 2. The normalized spacial score (nSPS) is 26.6. The maximum absolute atomic E-state index is 12.5. The van der Waals surface area contributed by atoms with Crippen LogP contribution in [0.15, 0.2) is 40.4 Å². The number of hydrogen-bond acceptors (Lipinski definition) is 7. The zero-order valence-corrected chi connectivity index (χ0v) is 21.7. The number of carbonyl (C=O) groups excluding carboxylic acids is 3. The number of carboxylic acids is 1. The summed E-state index contributed by atoms with van der Waals surface area (Å²) < 4.78 is 22.7. The number of fused-ring (bicyclic) bond motifs is 3. The van der Waals surface area contributed by atoms with Crippen molar-refractivity contribution in [3.63, 3.8) is 0 Å². The predicted molar refractivity (Wildman–Crippen MR) is 112 cm³/mol. The van der Waals surface area contributed by atoms with E-state index in [4.69, 9.17) is 5.14 Å². The summed E-state index contributed by atoms with van der Waals surface area (Å²) in [5, 5.41) is 32.4. The van der Waals surface area contributed by atoms with Crippen molar-refractivity contribution in [2.24, 2.45) is 17.0 Å². The first-order chi connectivity index (χ1) is 15.5. The third-order valence-electron chi connectivity index (χ3n) is 6.62. The molecule has 0 bridgehead atoms. The minimum Gasteiger partial charge on any atom is -0.543 e. The van der Waals surface area contributed by atoms with Crippen molar-refractivity contribution in [3.8, 4) is 0 Å². The number of aliphatic carboxylic acids is 1. The minimum absolute atomic E-state index is 0. The molecule has 2 fully saturated rings. The number of urea groups is 1. The maximum atomic E-state index is 12.5. The average molecular weight is 501 g/mol. The molecule has 4 rings (SSSR count). The summed E-state index contributed by atoms with van der Waals surface area (Å²) in [5.41, 5.74) is 0.912. The molecule has 5 N–H and O–H groups in total. The van der Waals surface area contributed by atoms with E-state index < -0.39 is 52.0 Å². The molecule has 34 heavy (non-hydrogen) atoms. The quantitative estimate of drug-likeness (QED) is 0.224. The van der Waals surface area contributed by atoms with Crippen LogP contribution in [0.4, 0.5) is 4.79 Å². The van der Waals surface area contributed by atoms with E-state index in [1.54, 1.807) is 0 Å². The molecule has 0 aromatic heterocycles. The van der Waals surface area contributed by atoms with Crippen LogP contribution < -0.4 is 50.4 Å². The SMILES string of the molecule is CC(O)[C@H]1C(=O)N2C(C(=O)[O-])=C3[C@@H](NC(=O)NCc4ccc(S(N)(=O)=O)cc4)CCC[C@@H]3[C@H]12.[Na+]. The zero-order valence-electron chi connectivity index (χ0n) is 18.9. The van der Waals surface area contributed by atoms with E-state index >= 15 is 0 Å². The maximum Gasteiger partial charge on any atom is 1.00 e. The Labute approximate surface area is 219 Å². The van der Waals surface area contributed by atoms with E-state index in [0.29, 0.717) is 24.0 Å². The summed E-state index contributed by atoms with van der Waals surface area (Å²) >= 11 is 0. The molecular formula is C21H25N4NaO7S. The molecule has 3 amide bonds. The largest absolute Gasteiger partial charge is 1.00 e. The number of aliphatic hydroxyl groups excluding tert-OH is 1. The first-order valence-electron chi connectivity index (χ1n) is 10.6. The Morgan fingerprint density at radius 1 is 1.26 bits per heavy atom. The first kappa shape index (κ1) is 26.6. The van der Waals surface area contributed by atoms with Crippen LogP contribution in [0.3, 0.4) is 0 Å². The molecule has 1 aliphatic carbocycles. The van der Waals surface area contributed by atoms with Crippen molar-refractivity contribution in [1.29, 1.82) is 0 Å². The molecule has 3 aliphatic rings. The van der Waals surface area contributed by atoms with E-state index in [2.05, 4.69) is 10.6 Å². The van der Waals surface area contributed by atoms with Gasteiger partial charge in [-0.1, -0.05) is 18.6 Å². The second-order valence-electron chi connectivity index (χ2n) is 8.66. The molecule has 2 aliphatic heterocycles. The molecule has 1 aromatic carbocycles. The molecule has 0 spiro atoms. The topological polar surface area (TPSA) is 182 Å². The molecule has 1 saturated heterocycles. The fourth-order valence-corrected chi connectivity index (χ4v) is 5.73. The summed E-state index contributed by atoms with van der Waals surface area (Å²) in [5.74, 6) is -2.85. The van der Waals surface area contributed by atoms with Gasteiger partial charge in [0.15, 0.2) is 0 Å². The van der Waals surface area contributed by atoms with Gasteiger partial charge in [-0.25, -0.2) is 18.4 Å². The van der Waals surface area contributed by atoms with Gasteiger partial charge in [-0.2, -0.15) is 0 Å². The average Bonchev–Trinajstić information content (AvgIpc) is 3.03. The fraction of sp³-hybridized carbons (Fsp3) is 0.476. The number of β-lactam (4-membered cyclic amide) rings is 1. The molecule has 2 heterocycles. The Morgan fingerprint density at radius 3 is 2.47 bits per heavy atom. The minimum atomic E-state index is -3.81. The second kappa shape index (κ2) is 9.96. The molecule has 178 valence electrons. The Balaban J connectivity index is 0.00000324. The number of sulfonamides is 1. The standard InChI is InChI=1S/C21H26N4O7S.Na/c1-10(26)15-17-13-3-2-4-14(16(13)18(20(28)29)25(17)19(15)27)24-21(30)23-9-11-5-7-12(8-6-11)33(22,31)32;/h5-8,10,13-15,17,26H,2-4,9H2,1H3,(H,28,29)(H2,22,31,32)(H2,23,24,30);/q;+1/p-1/t10?,13-,14-,15+,17+;/m0./s1. The molecule has 11 nitrogen and oxygen atoms in total. The van der Waals surface area contributed by atoms with Crippen LogP contribution in [0.1, 0.15) is 31.7 Å². The summed E-state index contributed by atoms with van der Waals surface area (Å²) in [6, 6.07) is 4.17. The van der Waals surface area contributed by atoms with Gasteiger partial charge in [-0.05, 0) is 43.0 Å². The van der Waals surface area contributed by atoms with Crippen molar-refractivity contribution in [3.05, 3.63) is 41.1 Å². The van der Waals surface area contributed by atoms with Crippen LogP contribution >= 0.6 is 0 Å². The van der Waals surface area contributed by atoms with Gasteiger partial charge in [0.2, 0.25) is 15.9 Å². The van der Waals surface area contributed by atoms with Crippen molar-refractivity contribution < 1.29 is 62.6 Å². The summed E-state index contributed by atoms with van der Waals surface area (Å²) in [7, 11) is -3.81. The molecule has 13 heteroatoms. The Morgan fingerprint density at radius 2 is 1.91 bits per heavy atom. The van der Waals surface area contributed by atoms with E-state index in [0.717, 1.165) is 6.42 Å². The van der Waals surface area contributed by atoms with Crippen molar-refractivity contribution in [2.75, 3.05) is 0 Å². The number of nitrogens with zero attached hydrogens (tertiary/aromatic N) is 1. The van der Waals surface area contributed by atoms with Crippen molar-refractivity contribution in [2.45, 2.75) is 55.8 Å². The molecular weight excluding hydrogens is 475 g/mol. The van der Waals surface area contributed by atoms with E-state index in [9.17, 15) is 33.0 Å². The van der Waals surface area contributed by atoms with Gasteiger partial charge >= 0.3 is 35.6 Å². The molecule has 1 saturated carbocycles. The van der Waals surface area contributed by atoms with Crippen LogP contribution in [0.5, 0.6) is 0 Å². The Bertz CT molecular complexity index is 1140. The van der Waals surface area contributed by atoms with E-state index in [1.807, 2.05) is 0 Å². The summed E-state index contributed by atoms with van der Waals surface area (Å²) in [6.45, 7) is 1.62. The number of carbonyl (C=O) groups is 3. The second-order valence-corrected chi connectivity index (χ2v) is 10.2. The monoisotopic (exact) mass is 500 g/mol. The fourth-order valence-electron chi connectivity index (χ4n) is 5.21. The number of aliphatic hydroxyl groups is 1. The number of hydrogen-bond donors (Lipinski definition) is 4. The molecule has 0 radical (unpaired) electrons. The van der Waals surface area contributed by atoms with Crippen LogP contribution in [-0.2, 0) is 26.2 Å². The Hall–Kier alpha value is -1.96. The summed E-state index contributed by atoms with van der Waals surface area (Å²) in [4.78, 5) is 38.1. The molecule has 1 aromatic rings. The number of amides is 3. The van der Waals surface area contributed by atoms with Gasteiger partial charge in [0, 0.05) is 12.5 Å². The molecule has 1 unspecified atom stereocenters. The number of rotatable bonds is 6. The van der Waals surface area contributed by atoms with Gasteiger partial charge in [0.1, 0.15) is 0 Å². The summed E-state index contributed by atoms with van der Waals surface area (Å²) in [6.07, 6.45) is 0.977. The first-order valence-corrected chi connectivity index (χ1v) is 12.2. The number of primary sulfonamides is 1. The van der Waals surface area contributed by atoms with Gasteiger partial charge < -0.3 is 30.5 Å². The number of carboxylic acid groups (broad SMARTS) is 1. The molecule has 5 atom stereocenters. The van der Waals surface area contributed by atoms with Crippen LogP contribution in [0, 0.1) is 11.8 Å². The van der Waals surface area contributed by atoms with E-state index in [1.165, 1.54) is 36.1 Å². The predicted octanol–water partition coefficient (Wildman–Crippen LogP) is -4.47. The van der Waals surface area contributed by atoms with Crippen molar-refractivity contribution in [1.82, 2.24) is 15.5 Å². The van der Waals surface area contributed by atoms with Gasteiger partial charge in [0.25, 0.3) is 0 Å². The van der Waals surface area contributed by atoms with Crippen LogP contribution in [-0.4, -0.2) is 54.5 Å². The third kappa shape index (κ3) is 4.75. The third-order valence-corrected chi connectivity index (χ3v) is 7.55. The number of benzene rings is 1. The van der Waals surface area contributed by atoms with Gasteiger partial charge in [0.05, 0.1) is 40.7 Å². The zero-order chi connectivity index (χ0) is 24.1. The van der Waals surface area contributed by atoms with Gasteiger partial charge in [-0.3, -0.25) is 4.79 Å². The van der Waals surface area contributed by atoms with Crippen LogP contribution in [0.2, 0.25) is 0 Å². The Kier molecular flexibility index (Phi) is 7.80.